The van der Waals surface area contributed by atoms with Crippen molar-refractivity contribution in [2.75, 3.05) is 0 Å². The molecular formula is C18H22F4. The third-order valence-corrected chi connectivity index (χ3v) is 4.41. The molecule has 0 spiro atoms. The molecule has 0 N–H and O–H groups in total. The fourth-order valence-corrected chi connectivity index (χ4v) is 3.12. The summed E-state index contributed by atoms with van der Waals surface area (Å²) in [6.45, 7) is 2.14. The second-order valence-electron chi connectivity index (χ2n) is 6.07. The number of benzene rings is 1. The van der Waals surface area contributed by atoms with Gasteiger partial charge in [-0.3, -0.25) is 0 Å². The summed E-state index contributed by atoms with van der Waals surface area (Å²) >= 11 is 0. The molecule has 1 aromatic carbocycles. The van der Waals surface area contributed by atoms with Crippen LogP contribution >= 0.6 is 0 Å². The number of hydrogen-bond donors (Lipinski definition) is 0. The minimum absolute atomic E-state index is 0.174. The van der Waals surface area contributed by atoms with Gasteiger partial charge in [0.15, 0.2) is 0 Å². The van der Waals surface area contributed by atoms with Crippen molar-refractivity contribution in [1.82, 2.24) is 0 Å². The van der Waals surface area contributed by atoms with Crippen molar-refractivity contribution in [2.24, 2.45) is 5.92 Å². The summed E-state index contributed by atoms with van der Waals surface area (Å²) in [6, 6.07) is 3.38. The van der Waals surface area contributed by atoms with Gasteiger partial charge in [0.2, 0.25) is 0 Å². The van der Waals surface area contributed by atoms with Crippen molar-refractivity contribution >= 4 is 0 Å². The molecule has 0 amide bonds. The van der Waals surface area contributed by atoms with Gasteiger partial charge in [0.05, 0.1) is 5.56 Å². The first-order chi connectivity index (χ1) is 10.4. The highest BCUT2D eigenvalue weighted by atomic mass is 19.4. The van der Waals surface area contributed by atoms with Crippen LogP contribution in [0.2, 0.25) is 0 Å². The Hall–Kier alpha value is -1.32. The lowest BCUT2D eigenvalue weighted by molar-refractivity contribution is -0.140. The molecule has 1 saturated carbocycles. The van der Waals surface area contributed by atoms with Crippen LogP contribution < -0.4 is 0 Å². The lowest BCUT2D eigenvalue weighted by Gasteiger charge is -2.27. The molecule has 0 bridgehead atoms. The summed E-state index contributed by atoms with van der Waals surface area (Å²) < 4.78 is 51.4. The van der Waals surface area contributed by atoms with Gasteiger partial charge in [-0.15, -0.1) is 0 Å². The van der Waals surface area contributed by atoms with Crippen LogP contribution in [0.4, 0.5) is 17.6 Å². The Balaban J connectivity index is 1.98. The zero-order valence-electron chi connectivity index (χ0n) is 12.8. The van der Waals surface area contributed by atoms with E-state index in [4.69, 9.17) is 0 Å². The van der Waals surface area contributed by atoms with Crippen LogP contribution in [0, 0.1) is 11.7 Å². The first-order valence-electron chi connectivity index (χ1n) is 7.95. The first-order valence-corrected chi connectivity index (χ1v) is 7.95. The lowest BCUT2D eigenvalue weighted by Crippen LogP contribution is -2.13. The summed E-state index contributed by atoms with van der Waals surface area (Å²) in [5.41, 5.74) is -0.478. The van der Waals surface area contributed by atoms with Crippen molar-refractivity contribution in [1.29, 1.82) is 0 Å². The third kappa shape index (κ3) is 4.34. The minimum atomic E-state index is -4.62. The Kier molecular flexibility index (Phi) is 5.65. The number of allylic oxidation sites excluding steroid dienone is 2. The largest absolute Gasteiger partial charge is 0.419 e. The molecule has 2 rings (SSSR count). The van der Waals surface area contributed by atoms with Crippen LogP contribution in [0.15, 0.2) is 30.4 Å². The van der Waals surface area contributed by atoms with E-state index in [1.54, 1.807) is 0 Å². The molecule has 4 heteroatoms. The van der Waals surface area contributed by atoms with E-state index in [0.29, 0.717) is 11.5 Å². The number of halogens is 4. The molecule has 122 valence electrons. The van der Waals surface area contributed by atoms with E-state index in [-0.39, 0.29) is 5.92 Å². The predicted molar refractivity (Wildman–Crippen MR) is 80.1 cm³/mol. The number of hydrogen-bond acceptors (Lipinski definition) is 0. The Labute approximate surface area is 129 Å². The number of rotatable bonds is 4. The molecule has 22 heavy (non-hydrogen) atoms. The fourth-order valence-electron chi connectivity index (χ4n) is 3.12. The van der Waals surface area contributed by atoms with Gasteiger partial charge in [0.25, 0.3) is 0 Å². The van der Waals surface area contributed by atoms with Gasteiger partial charge in [0, 0.05) is 0 Å². The Morgan fingerprint density at radius 2 is 1.82 bits per heavy atom. The normalized spacial score (nSPS) is 23.1. The van der Waals surface area contributed by atoms with Gasteiger partial charge in [-0.05, 0) is 61.6 Å². The highest BCUT2D eigenvalue weighted by Gasteiger charge is 2.34. The molecule has 0 atom stereocenters. The number of alkyl halides is 3. The van der Waals surface area contributed by atoms with E-state index in [1.807, 2.05) is 0 Å². The summed E-state index contributed by atoms with van der Waals surface area (Å²) in [7, 11) is 0. The molecule has 0 aliphatic heterocycles. The van der Waals surface area contributed by atoms with Crippen LogP contribution in [-0.2, 0) is 6.18 Å². The average Bonchev–Trinajstić information content (AvgIpc) is 2.47. The molecular weight excluding hydrogens is 292 g/mol. The summed E-state index contributed by atoms with van der Waals surface area (Å²) in [4.78, 5) is 0. The molecule has 0 saturated heterocycles. The molecule has 0 heterocycles. The molecule has 0 unspecified atom stereocenters. The smallest absolute Gasteiger partial charge is 0.206 e. The van der Waals surface area contributed by atoms with Crippen molar-refractivity contribution in [3.05, 3.63) is 47.3 Å². The maximum Gasteiger partial charge on any atom is 0.419 e. The topological polar surface area (TPSA) is 0 Å². The third-order valence-electron chi connectivity index (χ3n) is 4.41. The average molecular weight is 314 g/mol. The second kappa shape index (κ2) is 7.30. The molecule has 0 radical (unpaired) electrons. The van der Waals surface area contributed by atoms with Gasteiger partial charge >= 0.3 is 6.18 Å². The predicted octanol–water partition coefficient (Wildman–Crippen LogP) is 6.47. The highest BCUT2D eigenvalue weighted by molar-refractivity contribution is 5.29. The maximum atomic E-state index is 13.7. The van der Waals surface area contributed by atoms with Crippen LogP contribution in [0.25, 0.3) is 0 Å². The standard InChI is InChI=1S/C18H22F4/c1-2-3-4-5-13-6-8-14(9-7-13)15-10-11-16(17(19)12-15)18(20,21)22/h4-5,10-14H,2-3,6-9H2,1H3/b5-4+. The zero-order chi connectivity index (χ0) is 16.2. The molecule has 1 aromatic rings. The lowest BCUT2D eigenvalue weighted by atomic mass is 9.78. The van der Waals surface area contributed by atoms with E-state index in [9.17, 15) is 17.6 Å². The Bertz CT molecular complexity index is 508. The Morgan fingerprint density at radius 1 is 1.14 bits per heavy atom. The van der Waals surface area contributed by atoms with Crippen molar-refractivity contribution in [3.8, 4) is 0 Å². The zero-order valence-corrected chi connectivity index (χ0v) is 12.8. The highest BCUT2D eigenvalue weighted by Crippen LogP contribution is 2.38. The summed E-state index contributed by atoms with van der Waals surface area (Å²) in [5, 5.41) is 0. The second-order valence-corrected chi connectivity index (χ2v) is 6.07. The van der Waals surface area contributed by atoms with E-state index >= 15 is 0 Å². The molecule has 1 aliphatic rings. The fraction of sp³-hybridized carbons (Fsp3) is 0.556. The molecule has 0 nitrogen and oxygen atoms in total. The van der Waals surface area contributed by atoms with E-state index in [0.717, 1.165) is 50.7 Å². The molecule has 1 aliphatic carbocycles. The van der Waals surface area contributed by atoms with Crippen LogP contribution in [0.1, 0.15) is 62.5 Å². The monoisotopic (exact) mass is 314 g/mol. The SMILES string of the molecule is CCC/C=C/C1CCC(c2ccc(C(F)(F)F)c(F)c2)CC1. The van der Waals surface area contributed by atoms with Crippen molar-refractivity contribution in [3.63, 3.8) is 0 Å². The van der Waals surface area contributed by atoms with E-state index < -0.39 is 17.6 Å². The molecule has 0 aromatic heterocycles. The van der Waals surface area contributed by atoms with Crippen molar-refractivity contribution in [2.45, 2.75) is 57.5 Å². The van der Waals surface area contributed by atoms with Crippen LogP contribution in [-0.4, -0.2) is 0 Å². The quantitative estimate of drug-likeness (QED) is 0.441. The Morgan fingerprint density at radius 3 is 2.36 bits per heavy atom. The summed E-state index contributed by atoms with van der Waals surface area (Å²) in [6.07, 6.45) is 5.93. The van der Waals surface area contributed by atoms with Gasteiger partial charge in [0.1, 0.15) is 5.82 Å². The van der Waals surface area contributed by atoms with Gasteiger partial charge in [-0.25, -0.2) is 4.39 Å². The summed E-state index contributed by atoms with van der Waals surface area (Å²) in [5.74, 6) is -0.426. The first kappa shape index (κ1) is 17.0. The van der Waals surface area contributed by atoms with E-state index in [2.05, 4.69) is 19.1 Å². The van der Waals surface area contributed by atoms with Gasteiger partial charge < -0.3 is 0 Å². The van der Waals surface area contributed by atoms with Gasteiger partial charge in [-0.2, -0.15) is 13.2 Å². The minimum Gasteiger partial charge on any atom is -0.206 e. The van der Waals surface area contributed by atoms with Crippen molar-refractivity contribution < 1.29 is 17.6 Å². The van der Waals surface area contributed by atoms with E-state index in [1.165, 1.54) is 6.07 Å². The maximum absolute atomic E-state index is 13.7. The molecule has 1 fully saturated rings. The van der Waals surface area contributed by atoms with Gasteiger partial charge in [-0.1, -0.05) is 31.6 Å². The van der Waals surface area contributed by atoms with Crippen LogP contribution in [0.5, 0.6) is 0 Å². The van der Waals surface area contributed by atoms with Crippen LogP contribution in [0.3, 0.4) is 0 Å². The number of unbranched alkanes of at least 4 members (excludes halogenated alkanes) is 1.